The van der Waals surface area contributed by atoms with Crippen molar-refractivity contribution in [2.45, 2.75) is 13.2 Å². The molecular weight excluding hydrogens is 321 g/mol. The van der Waals surface area contributed by atoms with Gasteiger partial charge in [0.05, 0.1) is 18.7 Å². The summed E-state index contributed by atoms with van der Waals surface area (Å²) in [5.41, 5.74) is 1.30. The highest BCUT2D eigenvalue weighted by Crippen LogP contribution is 2.30. The van der Waals surface area contributed by atoms with E-state index in [0.29, 0.717) is 35.2 Å². The molecule has 2 aromatic carbocycles. The largest absolute Gasteiger partial charge is 0.493 e. The molecule has 0 aromatic heterocycles. The van der Waals surface area contributed by atoms with E-state index in [1.165, 1.54) is 6.07 Å². The summed E-state index contributed by atoms with van der Waals surface area (Å²) in [7, 11) is 1.54. The number of halogens is 2. The average molecular weight is 340 g/mol. The van der Waals surface area contributed by atoms with E-state index < -0.39 is 5.82 Å². The van der Waals surface area contributed by atoms with Crippen molar-refractivity contribution >= 4 is 11.6 Å². The second-order valence-electron chi connectivity index (χ2n) is 4.87. The van der Waals surface area contributed by atoms with E-state index in [1.54, 1.807) is 25.3 Å². The van der Waals surface area contributed by atoms with Gasteiger partial charge in [0, 0.05) is 18.7 Å². The molecule has 0 aliphatic carbocycles. The van der Waals surface area contributed by atoms with Gasteiger partial charge in [-0.2, -0.15) is 0 Å². The van der Waals surface area contributed by atoms with Gasteiger partial charge < -0.3 is 19.9 Å². The number of hydrogen-bond acceptors (Lipinski definition) is 4. The number of ether oxygens (including phenoxy) is 2. The minimum absolute atomic E-state index is 0.0178. The van der Waals surface area contributed by atoms with Gasteiger partial charge in [0.25, 0.3) is 0 Å². The number of methoxy groups -OCH3 is 1. The van der Waals surface area contributed by atoms with Crippen LogP contribution < -0.4 is 14.8 Å². The van der Waals surface area contributed by atoms with Gasteiger partial charge in [-0.05, 0) is 29.8 Å². The molecule has 0 unspecified atom stereocenters. The van der Waals surface area contributed by atoms with Crippen LogP contribution in [0, 0.1) is 5.82 Å². The van der Waals surface area contributed by atoms with E-state index in [0.717, 1.165) is 5.56 Å². The van der Waals surface area contributed by atoms with Gasteiger partial charge in [-0.25, -0.2) is 4.39 Å². The molecule has 0 saturated heterocycles. The summed E-state index contributed by atoms with van der Waals surface area (Å²) in [6.07, 6.45) is 0. The fraction of sp³-hybridized carbons (Fsp3) is 0.294. The Labute approximate surface area is 139 Å². The highest BCUT2D eigenvalue weighted by molar-refractivity contribution is 6.31. The summed E-state index contributed by atoms with van der Waals surface area (Å²) < 4.78 is 24.7. The Bertz CT molecular complexity index is 631. The maximum Gasteiger partial charge on any atom is 0.161 e. The third-order valence-corrected chi connectivity index (χ3v) is 3.63. The average Bonchev–Trinajstić information content (AvgIpc) is 2.55. The summed E-state index contributed by atoms with van der Waals surface area (Å²) in [4.78, 5) is 0. The first-order valence-electron chi connectivity index (χ1n) is 7.20. The quantitative estimate of drug-likeness (QED) is 0.725. The lowest BCUT2D eigenvalue weighted by Gasteiger charge is -2.13. The Kier molecular flexibility index (Phi) is 6.65. The van der Waals surface area contributed by atoms with Crippen LogP contribution in [-0.2, 0) is 13.2 Å². The smallest absolute Gasteiger partial charge is 0.161 e. The molecular formula is C17H19ClFNO3. The minimum Gasteiger partial charge on any atom is -0.493 e. The normalized spacial score (nSPS) is 10.6. The second kappa shape index (κ2) is 8.72. The Morgan fingerprint density at radius 1 is 1.22 bits per heavy atom. The van der Waals surface area contributed by atoms with Crippen molar-refractivity contribution < 1.29 is 19.0 Å². The fourth-order valence-corrected chi connectivity index (χ4v) is 2.29. The van der Waals surface area contributed by atoms with Crippen LogP contribution in [0.4, 0.5) is 4.39 Å². The zero-order valence-corrected chi connectivity index (χ0v) is 13.6. The summed E-state index contributed by atoms with van der Waals surface area (Å²) in [6, 6.07) is 10.0. The van der Waals surface area contributed by atoms with Crippen molar-refractivity contribution in [1.29, 1.82) is 0 Å². The van der Waals surface area contributed by atoms with E-state index in [9.17, 15) is 4.39 Å². The lowest BCUT2D eigenvalue weighted by atomic mass is 10.2. The van der Waals surface area contributed by atoms with Gasteiger partial charge in [0.2, 0.25) is 0 Å². The van der Waals surface area contributed by atoms with Crippen LogP contribution in [0.5, 0.6) is 11.5 Å². The molecule has 0 spiro atoms. The van der Waals surface area contributed by atoms with Crippen LogP contribution in [0.1, 0.15) is 11.1 Å². The van der Waals surface area contributed by atoms with Gasteiger partial charge in [-0.1, -0.05) is 23.7 Å². The fourth-order valence-electron chi connectivity index (χ4n) is 2.07. The van der Waals surface area contributed by atoms with E-state index in [-0.39, 0.29) is 13.2 Å². The molecule has 2 rings (SSSR count). The zero-order chi connectivity index (χ0) is 16.7. The topological polar surface area (TPSA) is 50.7 Å². The molecule has 0 atom stereocenters. The van der Waals surface area contributed by atoms with Gasteiger partial charge >= 0.3 is 0 Å². The number of aliphatic hydroxyl groups excluding tert-OH is 1. The maximum atomic E-state index is 13.7. The molecule has 23 heavy (non-hydrogen) atoms. The van der Waals surface area contributed by atoms with Crippen molar-refractivity contribution in [3.63, 3.8) is 0 Å². The van der Waals surface area contributed by atoms with Crippen molar-refractivity contribution in [2.24, 2.45) is 0 Å². The number of hydrogen-bond donors (Lipinski definition) is 2. The minimum atomic E-state index is -0.402. The SMILES string of the molecule is COc1cc(CNCCO)ccc1OCc1c(F)cccc1Cl. The van der Waals surface area contributed by atoms with Gasteiger partial charge in [-0.15, -0.1) is 0 Å². The van der Waals surface area contributed by atoms with E-state index >= 15 is 0 Å². The van der Waals surface area contributed by atoms with Crippen LogP contribution in [0.15, 0.2) is 36.4 Å². The summed E-state index contributed by atoms with van der Waals surface area (Å²) in [5, 5.41) is 12.2. The predicted octanol–water partition coefficient (Wildman–Crippen LogP) is 3.15. The van der Waals surface area contributed by atoms with E-state index in [4.69, 9.17) is 26.2 Å². The van der Waals surface area contributed by atoms with Crippen LogP contribution >= 0.6 is 11.6 Å². The lowest BCUT2D eigenvalue weighted by Crippen LogP contribution is -2.17. The molecule has 2 aromatic rings. The number of aliphatic hydroxyl groups is 1. The first kappa shape index (κ1) is 17.5. The van der Waals surface area contributed by atoms with Crippen LogP contribution in [0.25, 0.3) is 0 Å². The number of benzene rings is 2. The van der Waals surface area contributed by atoms with Gasteiger partial charge in [0.15, 0.2) is 11.5 Å². The lowest BCUT2D eigenvalue weighted by molar-refractivity contribution is 0.279. The van der Waals surface area contributed by atoms with Crippen LogP contribution in [-0.4, -0.2) is 25.4 Å². The van der Waals surface area contributed by atoms with E-state index in [2.05, 4.69) is 5.32 Å². The van der Waals surface area contributed by atoms with Crippen LogP contribution in [0.2, 0.25) is 5.02 Å². The maximum absolute atomic E-state index is 13.7. The molecule has 0 fully saturated rings. The molecule has 2 N–H and O–H groups in total. The zero-order valence-electron chi connectivity index (χ0n) is 12.8. The molecule has 0 heterocycles. The molecule has 124 valence electrons. The molecule has 0 bridgehead atoms. The summed E-state index contributed by atoms with van der Waals surface area (Å²) >= 11 is 5.99. The van der Waals surface area contributed by atoms with Gasteiger partial charge in [0.1, 0.15) is 12.4 Å². The molecule has 0 radical (unpaired) electrons. The molecule has 0 aliphatic heterocycles. The predicted molar refractivity (Wildman–Crippen MR) is 87.5 cm³/mol. The number of nitrogens with one attached hydrogen (secondary N) is 1. The monoisotopic (exact) mass is 339 g/mol. The molecule has 6 heteroatoms. The molecule has 0 amide bonds. The summed E-state index contributed by atoms with van der Waals surface area (Å²) in [5.74, 6) is 0.666. The molecule has 0 aliphatic rings. The first-order chi connectivity index (χ1) is 11.2. The van der Waals surface area contributed by atoms with Crippen molar-refractivity contribution in [2.75, 3.05) is 20.3 Å². The highest BCUT2D eigenvalue weighted by Gasteiger charge is 2.10. The van der Waals surface area contributed by atoms with Crippen molar-refractivity contribution in [3.05, 3.63) is 58.4 Å². The highest BCUT2D eigenvalue weighted by atomic mass is 35.5. The molecule has 0 saturated carbocycles. The third-order valence-electron chi connectivity index (χ3n) is 3.28. The second-order valence-corrected chi connectivity index (χ2v) is 5.28. The van der Waals surface area contributed by atoms with Crippen molar-refractivity contribution in [3.8, 4) is 11.5 Å². The Balaban J connectivity index is 2.07. The van der Waals surface area contributed by atoms with E-state index in [1.807, 2.05) is 12.1 Å². The van der Waals surface area contributed by atoms with Crippen molar-refractivity contribution in [1.82, 2.24) is 5.32 Å². The Hall–Kier alpha value is -1.82. The van der Waals surface area contributed by atoms with Crippen LogP contribution in [0.3, 0.4) is 0 Å². The molecule has 4 nitrogen and oxygen atoms in total. The number of rotatable bonds is 8. The third kappa shape index (κ3) is 4.82. The summed E-state index contributed by atoms with van der Waals surface area (Å²) in [6.45, 7) is 1.23. The standard InChI is InChI=1S/C17H19ClFNO3/c1-22-17-9-12(10-20-7-8-21)5-6-16(17)23-11-13-14(18)3-2-4-15(13)19/h2-6,9,20-21H,7-8,10-11H2,1H3. The van der Waals surface area contributed by atoms with Gasteiger partial charge in [-0.3, -0.25) is 0 Å². The Morgan fingerprint density at radius 2 is 2.04 bits per heavy atom. The first-order valence-corrected chi connectivity index (χ1v) is 7.57. The Morgan fingerprint density at radius 3 is 2.74 bits per heavy atom.